The summed E-state index contributed by atoms with van der Waals surface area (Å²) in [4.78, 5) is 7.73. The van der Waals surface area contributed by atoms with Crippen LogP contribution in [0.15, 0.2) is 34.3 Å². The van der Waals surface area contributed by atoms with E-state index in [9.17, 15) is 4.39 Å². The van der Waals surface area contributed by atoms with E-state index in [-0.39, 0.29) is 0 Å². The average Bonchev–Trinajstić information content (AvgIpc) is 2.15. The van der Waals surface area contributed by atoms with E-state index in [2.05, 4.69) is 20.6 Å². The zero-order chi connectivity index (χ0) is 11.5. The summed E-state index contributed by atoms with van der Waals surface area (Å²) < 4.78 is 13.0. The minimum Gasteiger partial charge on any atom is -0.326 e. The number of aryl methyl sites for hydroxylation is 1. The van der Waals surface area contributed by atoms with Crippen LogP contribution in [-0.2, 0) is 0 Å². The number of rotatable bonds is 1. The third-order valence-electron chi connectivity index (χ3n) is 2.12. The Kier molecular flexibility index (Phi) is 2.85. The molecule has 0 saturated carbocycles. The van der Waals surface area contributed by atoms with Gasteiger partial charge in [0.25, 0.3) is 6.09 Å². The fourth-order valence-electron chi connectivity index (χ4n) is 1.47. The zero-order valence-electron chi connectivity index (χ0n) is 9.16. The van der Waals surface area contributed by atoms with Crippen molar-refractivity contribution in [1.82, 2.24) is 5.32 Å². The quantitative estimate of drug-likeness (QED) is 0.711. The number of nitrogens with one attached hydrogen (secondary N) is 2. The molecule has 1 aromatic carbocycles. The number of hydrogen-bond acceptors (Lipinski definition) is 4. The molecule has 1 aliphatic rings. The summed E-state index contributed by atoms with van der Waals surface area (Å²) in [6, 6.07) is 7.77. The fourth-order valence-corrected chi connectivity index (χ4v) is 1.47. The SMILES string of the molecule is Cc1cccc(NC2=NC(C)N=C(F)N2)c1. The second-order valence-corrected chi connectivity index (χ2v) is 3.65. The highest BCUT2D eigenvalue weighted by Crippen LogP contribution is 2.10. The van der Waals surface area contributed by atoms with E-state index in [1.54, 1.807) is 6.92 Å². The van der Waals surface area contributed by atoms with E-state index in [4.69, 9.17) is 0 Å². The third-order valence-corrected chi connectivity index (χ3v) is 2.12. The molecule has 0 spiro atoms. The molecule has 1 aromatic rings. The van der Waals surface area contributed by atoms with E-state index in [0.29, 0.717) is 5.96 Å². The van der Waals surface area contributed by atoms with Crippen LogP contribution in [0.5, 0.6) is 0 Å². The first-order valence-corrected chi connectivity index (χ1v) is 5.05. The number of aliphatic imine (C=N–C) groups is 2. The maximum Gasteiger partial charge on any atom is 0.286 e. The molecule has 16 heavy (non-hydrogen) atoms. The van der Waals surface area contributed by atoms with Gasteiger partial charge in [0.15, 0.2) is 0 Å². The van der Waals surface area contributed by atoms with Crippen LogP contribution in [0.25, 0.3) is 0 Å². The van der Waals surface area contributed by atoms with Gasteiger partial charge in [-0.2, -0.15) is 4.39 Å². The molecule has 4 nitrogen and oxygen atoms in total. The van der Waals surface area contributed by atoms with Crippen LogP contribution >= 0.6 is 0 Å². The average molecular weight is 220 g/mol. The Balaban J connectivity index is 2.11. The summed E-state index contributed by atoms with van der Waals surface area (Å²) >= 11 is 0. The highest BCUT2D eigenvalue weighted by atomic mass is 19.1. The van der Waals surface area contributed by atoms with Gasteiger partial charge in [-0.25, -0.2) is 9.98 Å². The maximum atomic E-state index is 13.0. The van der Waals surface area contributed by atoms with Crippen LogP contribution in [0.4, 0.5) is 10.1 Å². The summed E-state index contributed by atoms with van der Waals surface area (Å²) in [7, 11) is 0. The number of benzene rings is 1. The number of halogens is 1. The summed E-state index contributed by atoms with van der Waals surface area (Å²) in [5, 5.41) is 5.44. The molecule has 1 heterocycles. The van der Waals surface area contributed by atoms with E-state index >= 15 is 0 Å². The van der Waals surface area contributed by atoms with Gasteiger partial charge in [-0.05, 0) is 31.5 Å². The largest absolute Gasteiger partial charge is 0.326 e. The number of anilines is 1. The predicted octanol–water partition coefficient (Wildman–Crippen LogP) is 2.04. The molecular formula is C11H13FN4. The molecule has 1 unspecified atom stereocenters. The van der Waals surface area contributed by atoms with Crippen LogP contribution in [-0.4, -0.2) is 18.2 Å². The lowest BCUT2D eigenvalue weighted by atomic mass is 10.2. The standard InChI is InChI=1S/C11H13FN4/c1-7-4-3-5-9(6-7)15-11-14-8(2)13-10(12)16-11/h3-6,8H,1-2H3,(H2,13,14,15,16). The summed E-state index contributed by atoms with van der Waals surface area (Å²) in [5.41, 5.74) is 2.00. The van der Waals surface area contributed by atoms with E-state index in [0.717, 1.165) is 11.3 Å². The van der Waals surface area contributed by atoms with Gasteiger partial charge < -0.3 is 5.32 Å². The van der Waals surface area contributed by atoms with Crippen molar-refractivity contribution in [1.29, 1.82) is 0 Å². The van der Waals surface area contributed by atoms with Gasteiger partial charge >= 0.3 is 0 Å². The molecule has 5 heteroatoms. The Morgan fingerprint density at radius 1 is 1.38 bits per heavy atom. The highest BCUT2D eigenvalue weighted by molar-refractivity contribution is 6.04. The minimum absolute atomic E-state index is 0.380. The van der Waals surface area contributed by atoms with Gasteiger partial charge in [0, 0.05) is 5.69 Å². The molecule has 1 atom stereocenters. The number of nitrogens with zero attached hydrogens (tertiary/aromatic N) is 2. The molecule has 1 aliphatic heterocycles. The first-order valence-electron chi connectivity index (χ1n) is 5.05. The number of amidine groups is 1. The molecule has 0 saturated heterocycles. The lowest BCUT2D eigenvalue weighted by Gasteiger charge is -2.16. The molecule has 0 bridgehead atoms. The minimum atomic E-state index is -0.613. The third kappa shape index (κ3) is 2.56. The second kappa shape index (κ2) is 4.30. The van der Waals surface area contributed by atoms with E-state index < -0.39 is 12.3 Å². The lowest BCUT2D eigenvalue weighted by Crippen LogP contribution is -2.38. The van der Waals surface area contributed by atoms with E-state index in [1.807, 2.05) is 31.2 Å². The van der Waals surface area contributed by atoms with Gasteiger partial charge in [0.2, 0.25) is 5.96 Å². The molecule has 0 aromatic heterocycles. The molecule has 84 valence electrons. The Morgan fingerprint density at radius 3 is 2.88 bits per heavy atom. The van der Waals surface area contributed by atoms with E-state index in [1.165, 1.54) is 0 Å². The van der Waals surface area contributed by atoms with Gasteiger partial charge in [0.1, 0.15) is 6.17 Å². The Hall–Kier alpha value is -1.91. The first-order chi connectivity index (χ1) is 7.63. The Morgan fingerprint density at radius 2 is 2.19 bits per heavy atom. The topological polar surface area (TPSA) is 48.8 Å². The molecule has 0 fully saturated rings. The van der Waals surface area contributed by atoms with Crippen LogP contribution < -0.4 is 10.6 Å². The van der Waals surface area contributed by atoms with Crippen molar-refractivity contribution in [3.8, 4) is 0 Å². The molecule has 0 amide bonds. The molecule has 0 aliphatic carbocycles. The predicted molar refractivity (Wildman–Crippen MR) is 63.4 cm³/mol. The van der Waals surface area contributed by atoms with Crippen LogP contribution in [0.1, 0.15) is 12.5 Å². The van der Waals surface area contributed by atoms with Crippen LogP contribution in [0.2, 0.25) is 0 Å². The fraction of sp³-hybridized carbons (Fsp3) is 0.273. The first kappa shape index (κ1) is 10.6. The summed E-state index contributed by atoms with van der Waals surface area (Å²) in [6.07, 6.45) is -1.01. The zero-order valence-corrected chi connectivity index (χ0v) is 9.16. The lowest BCUT2D eigenvalue weighted by molar-refractivity contribution is 0.685. The van der Waals surface area contributed by atoms with Crippen molar-refractivity contribution in [3.05, 3.63) is 29.8 Å². The molecular weight excluding hydrogens is 207 g/mol. The van der Waals surface area contributed by atoms with Gasteiger partial charge in [0.05, 0.1) is 0 Å². The molecule has 2 N–H and O–H groups in total. The van der Waals surface area contributed by atoms with Crippen molar-refractivity contribution in [2.24, 2.45) is 9.98 Å². The second-order valence-electron chi connectivity index (χ2n) is 3.65. The summed E-state index contributed by atoms with van der Waals surface area (Å²) in [5.74, 6) is 0.380. The maximum absolute atomic E-state index is 13.0. The smallest absolute Gasteiger partial charge is 0.286 e. The van der Waals surface area contributed by atoms with Crippen LogP contribution in [0.3, 0.4) is 0 Å². The highest BCUT2D eigenvalue weighted by Gasteiger charge is 2.12. The van der Waals surface area contributed by atoms with Crippen molar-refractivity contribution in [2.45, 2.75) is 20.0 Å². The summed E-state index contributed by atoms with van der Waals surface area (Å²) in [6.45, 7) is 3.71. The van der Waals surface area contributed by atoms with Crippen LogP contribution in [0, 0.1) is 6.92 Å². The normalized spacial score (nSPS) is 19.6. The van der Waals surface area contributed by atoms with Crippen molar-refractivity contribution < 1.29 is 4.39 Å². The van der Waals surface area contributed by atoms with Crippen molar-refractivity contribution in [3.63, 3.8) is 0 Å². The van der Waals surface area contributed by atoms with Crippen molar-refractivity contribution in [2.75, 3.05) is 5.32 Å². The molecule has 0 radical (unpaired) electrons. The number of guanidine groups is 1. The van der Waals surface area contributed by atoms with Gasteiger partial charge in [-0.1, -0.05) is 12.1 Å². The Labute approximate surface area is 93.3 Å². The van der Waals surface area contributed by atoms with Gasteiger partial charge in [-0.3, -0.25) is 5.32 Å². The Bertz CT molecular complexity index is 453. The number of hydrogen-bond donors (Lipinski definition) is 2. The van der Waals surface area contributed by atoms with Crippen molar-refractivity contribution >= 4 is 17.7 Å². The molecule has 2 rings (SSSR count). The monoisotopic (exact) mass is 220 g/mol. The van der Waals surface area contributed by atoms with Gasteiger partial charge in [-0.15, -0.1) is 0 Å².